The average Bonchev–Trinajstić information content (AvgIpc) is 2.38. The van der Waals surface area contributed by atoms with Gasteiger partial charge in [-0.1, -0.05) is 6.42 Å². The van der Waals surface area contributed by atoms with Crippen LogP contribution >= 0.6 is 0 Å². The summed E-state index contributed by atoms with van der Waals surface area (Å²) < 4.78 is 5.78. The van der Waals surface area contributed by atoms with Crippen LogP contribution in [0.4, 0.5) is 0 Å². The lowest BCUT2D eigenvalue weighted by Crippen LogP contribution is -2.61. The molecule has 2 fully saturated rings. The third kappa shape index (κ3) is 3.06. The lowest BCUT2D eigenvalue weighted by molar-refractivity contribution is -0.0695. The summed E-state index contributed by atoms with van der Waals surface area (Å²) in [6, 6.07) is 2.59. The third-order valence-electron chi connectivity index (χ3n) is 4.57. The summed E-state index contributed by atoms with van der Waals surface area (Å²) in [5.41, 5.74) is 0. The molecule has 0 N–H and O–H groups in total. The normalized spacial score (nSPS) is 32.3. The van der Waals surface area contributed by atoms with Crippen molar-refractivity contribution in [1.82, 2.24) is 9.80 Å². The molecule has 3 nitrogen and oxygen atoms in total. The molecule has 0 saturated carbocycles. The molecule has 106 valence electrons. The number of nitrogens with zero attached hydrogens (tertiary/aromatic N) is 2. The number of ether oxygens (including phenoxy) is 1. The van der Waals surface area contributed by atoms with Gasteiger partial charge < -0.3 is 4.74 Å². The summed E-state index contributed by atoms with van der Waals surface area (Å²) in [6.07, 6.45) is 4.09. The van der Waals surface area contributed by atoms with Crippen molar-refractivity contribution in [3.63, 3.8) is 0 Å². The number of likely N-dealkylation sites (tertiary alicyclic amines) is 1. The molecule has 2 aliphatic heterocycles. The highest BCUT2D eigenvalue weighted by Crippen LogP contribution is 2.27. The smallest absolute Gasteiger partial charge is 0.0637 e. The zero-order chi connectivity index (χ0) is 13.1. The molecule has 2 saturated heterocycles. The first-order valence-electron chi connectivity index (χ1n) is 7.70. The fraction of sp³-hybridized carbons (Fsp3) is 1.00. The minimum absolute atomic E-state index is 0.599. The molecule has 2 unspecified atom stereocenters. The summed E-state index contributed by atoms with van der Waals surface area (Å²) in [5.74, 6) is 0. The second-order valence-electron chi connectivity index (χ2n) is 6.37. The van der Waals surface area contributed by atoms with Crippen molar-refractivity contribution in [1.29, 1.82) is 0 Å². The average molecular weight is 254 g/mol. The highest BCUT2D eigenvalue weighted by atomic mass is 16.5. The number of hydrogen-bond acceptors (Lipinski definition) is 3. The van der Waals surface area contributed by atoms with Gasteiger partial charge in [-0.3, -0.25) is 9.80 Å². The second-order valence-corrected chi connectivity index (χ2v) is 6.37. The van der Waals surface area contributed by atoms with Crippen LogP contribution < -0.4 is 0 Å². The van der Waals surface area contributed by atoms with Gasteiger partial charge in [-0.25, -0.2) is 0 Å². The largest absolute Gasteiger partial charge is 0.378 e. The molecule has 0 amide bonds. The van der Waals surface area contributed by atoms with E-state index >= 15 is 0 Å². The molecule has 2 rings (SSSR count). The molecular weight excluding hydrogens is 224 g/mol. The van der Waals surface area contributed by atoms with Crippen molar-refractivity contribution in [3.8, 4) is 0 Å². The molecule has 2 atom stereocenters. The molecule has 0 aromatic heterocycles. The lowest BCUT2D eigenvalue weighted by atomic mass is 9.92. The maximum Gasteiger partial charge on any atom is 0.0637 e. The summed E-state index contributed by atoms with van der Waals surface area (Å²) in [5, 5.41) is 0. The van der Waals surface area contributed by atoms with Crippen LogP contribution in [0.1, 0.15) is 47.0 Å². The zero-order valence-electron chi connectivity index (χ0n) is 12.6. The van der Waals surface area contributed by atoms with E-state index in [4.69, 9.17) is 4.74 Å². The molecule has 2 heterocycles. The molecule has 0 radical (unpaired) electrons. The van der Waals surface area contributed by atoms with Crippen LogP contribution in [-0.4, -0.2) is 60.3 Å². The summed E-state index contributed by atoms with van der Waals surface area (Å²) >= 11 is 0. The zero-order valence-corrected chi connectivity index (χ0v) is 12.6. The van der Waals surface area contributed by atoms with Gasteiger partial charge in [0.1, 0.15) is 0 Å². The van der Waals surface area contributed by atoms with Crippen molar-refractivity contribution >= 4 is 0 Å². The number of piperidine rings is 1. The van der Waals surface area contributed by atoms with E-state index in [0.717, 1.165) is 19.8 Å². The number of morpholine rings is 1. The van der Waals surface area contributed by atoms with Gasteiger partial charge in [-0.15, -0.1) is 0 Å². The predicted molar refractivity (Wildman–Crippen MR) is 75.9 cm³/mol. The summed E-state index contributed by atoms with van der Waals surface area (Å²) in [7, 11) is 0. The number of hydrogen-bond donors (Lipinski definition) is 0. The van der Waals surface area contributed by atoms with Gasteiger partial charge in [0.25, 0.3) is 0 Å². The molecule has 0 aromatic carbocycles. The fourth-order valence-corrected chi connectivity index (χ4v) is 3.64. The van der Waals surface area contributed by atoms with Crippen LogP contribution in [-0.2, 0) is 4.74 Å². The van der Waals surface area contributed by atoms with Gasteiger partial charge >= 0.3 is 0 Å². The van der Waals surface area contributed by atoms with E-state index in [1.54, 1.807) is 0 Å². The maximum atomic E-state index is 5.78. The summed E-state index contributed by atoms with van der Waals surface area (Å²) in [4.78, 5) is 5.37. The molecule has 0 bridgehead atoms. The summed E-state index contributed by atoms with van der Waals surface area (Å²) in [6.45, 7) is 13.5. The van der Waals surface area contributed by atoms with Crippen LogP contribution in [0.25, 0.3) is 0 Å². The first-order valence-corrected chi connectivity index (χ1v) is 7.70. The minimum atomic E-state index is 0.599. The molecule has 3 heteroatoms. The standard InChI is InChI=1S/C15H30N2O/c1-12(2)16-8-6-5-7-14(16)15-11-18-10-9-17(15)13(3)4/h12-15H,5-11H2,1-4H3. The number of rotatable bonds is 3. The van der Waals surface area contributed by atoms with E-state index in [1.165, 1.54) is 25.8 Å². The van der Waals surface area contributed by atoms with E-state index in [-0.39, 0.29) is 0 Å². The Kier molecular flexibility index (Phi) is 5.05. The highest BCUT2D eigenvalue weighted by Gasteiger charge is 2.37. The molecule has 18 heavy (non-hydrogen) atoms. The van der Waals surface area contributed by atoms with E-state index in [1.807, 2.05) is 0 Å². The van der Waals surface area contributed by atoms with Crippen molar-refractivity contribution in [2.75, 3.05) is 26.3 Å². The Balaban J connectivity index is 2.10. The Morgan fingerprint density at radius 3 is 2.22 bits per heavy atom. The van der Waals surface area contributed by atoms with E-state index in [0.29, 0.717) is 24.2 Å². The van der Waals surface area contributed by atoms with Gasteiger partial charge in [0, 0.05) is 30.7 Å². The molecule has 0 aliphatic carbocycles. The van der Waals surface area contributed by atoms with Gasteiger partial charge in [0.15, 0.2) is 0 Å². The monoisotopic (exact) mass is 254 g/mol. The Morgan fingerprint density at radius 1 is 0.889 bits per heavy atom. The fourth-order valence-electron chi connectivity index (χ4n) is 3.64. The van der Waals surface area contributed by atoms with E-state index < -0.39 is 0 Å². The van der Waals surface area contributed by atoms with Crippen LogP contribution in [0, 0.1) is 0 Å². The highest BCUT2D eigenvalue weighted by molar-refractivity contribution is 4.92. The molecule has 2 aliphatic rings. The third-order valence-corrected chi connectivity index (χ3v) is 4.57. The van der Waals surface area contributed by atoms with Gasteiger partial charge in [0.2, 0.25) is 0 Å². The Hall–Kier alpha value is -0.120. The predicted octanol–water partition coefficient (Wildman–Crippen LogP) is 2.36. The molecule has 0 spiro atoms. The van der Waals surface area contributed by atoms with Crippen molar-refractivity contribution < 1.29 is 4.74 Å². The topological polar surface area (TPSA) is 15.7 Å². The Morgan fingerprint density at radius 2 is 1.56 bits per heavy atom. The first-order chi connectivity index (χ1) is 8.61. The SMILES string of the molecule is CC(C)N1CCCCC1C1COCCN1C(C)C. The van der Waals surface area contributed by atoms with Crippen molar-refractivity contribution in [3.05, 3.63) is 0 Å². The van der Waals surface area contributed by atoms with Gasteiger partial charge in [-0.05, 0) is 47.1 Å². The first kappa shape index (κ1) is 14.3. The van der Waals surface area contributed by atoms with Gasteiger partial charge in [-0.2, -0.15) is 0 Å². The maximum absolute atomic E-state index is 5.78. The van der Waals surface area contributed by atoms with Crippen LogP contribution in [0.15, 0.2) is 0 Å². The van der Waals surface area contributed by atoms with E-state index in [2.05, 4.69) is 37.5 Å². The molecule has 0 aromatic rings. The van der Waals surface area contributed by atoms with E-state index in [9.17, 15) is 0 Å². The minimum Gasteiger partial charge on any atom is -0.378 e. The van der Waals surface area contributed by atoms with Gasteiger partial charge in [0.05, 0.1) is 13.2 Å². The van der Waals surface area contributed by atoms with Crippen LogP contribution in [0.5, 0.6) is 0 Å². The Bertz CT molecular complexity index is 229. The van der Waals surface area contributed by atoms with Crippen molar-refractivity contribution in [2.45, 2.75) is 71.1 Å². The van der Waals surface area contributed by atoms with Crippen molar-refractivity contribution in [2.24, 2.45) is 0 Å². The second kappa shape index (κ2) is 6.36. The Labute approximate surface area is 112 Å². The molecular formula is C15H30N2O. The van der Waals surface area contributed by atoms with Crippen LogP contribution in [0.3, 0.4) is 0 Å². The lowest BCUT2D eigenvalue weighted by Gasteiger charge is -2.49. The van der Waals surface area contributed by atoms with Crippen LogP contribution in [0.2, 0.25) is 0 Å². The quantitative estimate of drug-likeness (QED) is 0.769.